The molecule has 102 valence electrons. The fourth-order valence-electron chi connectivity index (χ4n) is 3.60. The molecule has 3 fully saturated rings. The van der Waals surface area contributed by atoms with Crippen molar-refractivity contribution in [2.24, 2.45) is 23.7 Å². The zero-order valence-corrected chi connectivity index (χ0v) is 10.2. The first-order valence-electron chi connectivity index (χ1n) is 6.80. The summed E-state index contributed by atoms with van der Waals surface area (Å²) in [5.41, 5.74) is 0. The number of rotatable bonds is 1. The Hall–Kier alpha value is -0.740. The van der Waals surface area contributed by atoms with Crippen LogP contribution in [-0.4, -0.2) is 30.1 Å². The van der Waals surface area contributed by atoms with E-state index in [0.29, 0.717) is 0 Å². The average Bonchev–Trinajstić information content (AvgIpc) is 2.94. The summed E-state index contributed by atoms with van der Waals surface area (Å²) >= 11 is 0. The third kappa shape index (κ3) is 2.24. The molecule has 1 saturated heterocycles. The topological polar surface area (TPSA) is 20.3 Å². The Morgan fingerprint density at radius 3 is 2.06 bits per heavy atom. The van der Waals surface area contributed by atoms with Crippen LogP contribution in [0.4, 0.5) is 13.2 Å². The molecule has 1 heterocycles. The quantitative estimate of drug-likeness (QED) is 0.710. The van der Waals surface area contributed by atoms with Crippen molar-refractivity contribution in [3.05, 3.63) is 0 Å². The molecule has 2 unspecified atom stereocenters. The smallest absolute Gasteiger partial charge is 0.342 e. The van der Waals surface area contributed by atoms with Crippen LogP contribution < -0.4 is 0 Å². The molecular weight excluding hydrogens is 243 g/mol. The minimum Gasteiger partial charge on any atom is -0.342 e. The molecule has 0 bridgehead atoms. The summed E-state index contributed by atoms with van der Waals surface area (Å²) in [5, 5.41) is 0. The van der Waals surface area contributed by atoms with E-state index in [0.717, 1.165) is 24.7 Å². The molecule has 3 aliphatic rings. The van der Waals surface area contributed by atoms with Crippen LogP contribution in [0.2, 0.25) is 0 Å². The van der Waals surface area contributed by atoms with Crippen LogP contribution in [0.5, 0.6) is 0 Å². The zero-order chi connectivity index (χ0) is 12.9. The van der Waals surface area contributed by atoms with Gasteiger partial charge in [0, 0.05) is 19.0 Å². The number of alkyl halides is 3. The summed E-state index contributed by atoms with van der Waals surface area (Å²) in [4.78, 5) is 13.8. The van der Waals surface area contributed by atoms with Crippen LogP contribution in [0, 0.1) is 23.7 Å². The van der Waals surface area contributed by atoms with E-state index in [1.54, 1.807) is 4.90 Å². The summed E-state index contributed by atoms with van der Waals surface area (Å²) < 4.78 is 37.6. The third-order valence-corrected chi connectivity index (χ3v) is 4.86. The van der Waals surface area contributed by atoms with Gasteiger partial charge < -0.3 is 4.90 Å². The molecule has 2 atom stereocenters. The number of hydrogen-bond donors (Lipinski definition) is 0. The third-order valence-electron chi connectivity index (χ3n) is 4.86. The van der Waals surface area contributed by atoms with Crippen LogP contribution in [-0.2, 0) is 4.79 Å². The molecule has 0 aromatic carbocycles. The van der Waals surface area contributed by atoms with Crippen molar-refractivity contribution in [1.82, 2.24) is 4.90 Å². The molecular formula is C13H18F3NO. The van der Waals surface area contributed by atoms with Gasteiger partial charge in [0.1, 0.15) is 0 Å². The lowest BCUT2D eigenvalue weighted by Crippen LogP contribution is -2.44. The predicted molar refractivity (Wildman–Crippen MR) is 59.7 cm³/mol. The molecule has 0 aromatic rings. The number of carbonyl (C=O) groups is 1. The van der Waals surface area contributed by atoms with Crippen molar-refractivity contribution in [1.29, 1.82) is 0 Å². The van der Waals surface area contributed by atoms with Gasteiger partial charge in [-0.1, -0.05) is 0 Å². The number of hydrogen-bond acceptors (Lipinski definition) is 1. The number of carbonyl (C=O) groups excluding carboxylic acids is 1. The van der Waals surface area contributed by atoms with Gasteiger partial charge in [-0.2, -0.15) is 13.2 Å². The lowest BCUT2D eigenvalue weighted by atomic mass is 9.94. The van der Waals surface area contributed by atoms with Gasteiger partial charge in [0.05, 0.1) is 5.92 Å². The maximum atomic E-state index is 12.5. The Bertz CT molecular complexity index is 337. The molecule has 1 amide bonds. The summed E-state index contributed by atoms with van der Waals surface area (Å²) in [6.45, 7) is 0.573. The predicted octanol–water partition coefficient (Wildman–Crippen LogP) is 2.83. The molecule has 0 radical (unpaired) electrons. The minimum absolute atomic E-state index is 0.0782. The van der Waals surface area contributed by atoms with E-state index in [9.17, 15) is 18.0 Å². The number of likely N-dealkylation sites (tertiary alicyclic amines) is 1. The van der Waals surface area contributed by atoms with Gasteiger partial charge in [0.25, 0.3) is 0 Å². The highest BCUT2D eigenvalue weighted by Crippen LogP contribution is 2.54. The molecule has 2 saturated carbocycles. The number of nitrogens with zero attached hydrogens (tertiary/aromatic N) is 1. The largest absolute Gasteiger partial charge is 0.391 e. The molecule has 18 heavy (non-hydrogen) atoms. The van der Waals surface area contributed by atoms with Crippen molar-refractivity contribution in [3.63, 3.8) is 0 Å². The van der Waals surface area contributed by atoms with Gasteiger partial charge in [-0.15, -0.1) is 0 Å². The molecule has 2 aliphatic carbocycles. The lowest BCUT2D eigenvalue weighted by molar-refractivity contribution is -0.187. The maximum absolute atomic E-state index is 12.5. The second-order valence-electron chi connectivity index (χ2n) is 6.07. The standard InChI is InChI=1S/C13H18F3NO/c14-13(15,16)11-1-3-17(4-2-11)12(18)10-6-8-5-9(8)7-10/h8-11H,1-7H2. The second-order valence-corrected chi connectivity index (χ2v) is 6.07. The van der Waals surface area contributed by atoms with E-state index < -0.39 is 12.1 Å². The van der Waals surface area contributed by atoms with E-state index in [2.05, 4.69) is 0 Å². The first kappa shape index (κ1) is 12.3. The number of piperidine rings is 1. The summed E-state index contributed by atoms with van der Waals surface area (Å²) in [6, 6.07) is 0. The molecule has 0 spiro atoms. The second kappa shape index (κ2) is 4.14. The Morgan fingerprint density at radius 1 is 1.00 bits per heavy atom. The molecule has 3 rings (SSSR count). The SMILES string of the molecule is O=C(C1CC2CC2C1)N1CCC(C(F)(F)F)CC1. The maximum Gasteiger partial charge on any atom is 0.391 e. The Labute approximate surface area is 105 Å². The molecule has 0 N–H and O–H groups in total. The Balaban J connectivity index is 1.51. The molecule has 5 heteroatoms. The van der Waals surface area contributed by atoms with E-state index in [4.69, 9.17) is 0 Å². The van der Waals surface area contributed by atoms with Crippen LogP contribution in [0.25, 0.3) is 0 Å². The van der Waals surface area contributed by atoms with Gasteiger partial charge in [0.15, 0.2) is 0 Å². The summed E-state index contributed by atoms with van der Waals surface area (Å²) in [7, 11) is 0. The Morgan fingerprint density at radius 2 is 1.56 bits per heavy atom. The summed E-state index contributed by atoms with van der Waals surface area (Å²) in [6.07, 6.45) is -0.723. The van der Waals surface area contributed by atoms with Gasteiger partial charge in [-0.3, -0.25) is 4.79 Å². The Kier molecular flexibility index (Phi) is 2.83. The van der Waals surface area contributed by atoms with Gasteiger partial charge in [0.2, 0.25) is 5.91 Å². The van der Waals surface area contributed by atoms with Gasteiger partial charge in [-0.25, -0.2) is 0 Å². The van der Waals surface area contributed by atoms with Crippen LogP contribution in [0.1, 0.15) is 32.1 Å². The van der Waals surface area contributed by atoms with E-state index in [1.165, 1.54) is 6.42 Å². The van der Waals surface area contributed by atoms with Crippen molar-refractivity contribution in [3.8, 4) is 0 Å². The minimum atomic E-state index is -4.09. The molecule has 0 aromatic heterocycles. The number of fused-ring (bicyclic) bond motifs is 1. The van der Waals surface area contributed by atoms with Crippen LogP contribution in [0.15, 0.2) is 0 Å². The van der Waals surface area contributed by atoms with Crippen molar-refractivity contribution >= 4 is 5.91 Å². The zero-order valence-electron chi connectivity index (χ0n) is 10.2. The number of amides is 1. The van der Waals surface area contributed by atoms with Crippen molar-refractivity contribution in [2.45, 2.75) is 38.3 Å². The fraction of sp³-hybridized carbons (Fsp3) is 0.923. The van der Waals surface area contributed by atoms with Crippen LogP contribution in [0.3, 0.4) is 0 Å². The normalized spacial score (nSPS) is 36.6. The highest BCUT2D eigenvalue weighted by atomic mass is 19.4. The monoisotopic (exact) mass is 261 g/mol. The highest BCUT2D eigenvalue weighted by Gasteiger charge is 2.49. The lowest BCUT2D eigenvalue weighted by Gasteiger charge is -2.34. The van der Waals surface area contributed by atoms with Crippen molar-refractivity contribution in [2.75, 3.05) is 13.1 Å². The molecule has 1 aliphatic heterocycles. The van der Waals surface area contributed by atoms with E-state index >= 15 is 0 Å². The van der Waals surface area contributed by atoms with Crippen LogP contribution >= 0.6 is 0 Å². The molecule has 2 nitrogen and oxygen atoms in total. The van der Waals surface area contributed by atoms with E-state index in [-0.39, 0.29) is 37.8 Å². The van der Waals surface area contributed by atoms with Crippen molar-refractivity contribution < 1.29 is 18.0 Å². The fourth-order valence-corrected chi connectivity index (χ4v) is 3.60. The summed E-state index contributed by atoms with van der Waals surface area (Å²) in [5.74, 6) is 0.496. The average molecular weight is 261 g/mol. The first-order chi connectivity index (χ1) is 8.45. The first-order valence-corrected chi connectivity index (χ1v) is 6.80. The van der Waals surface area contributed by atoms with Gasteiger partial charge in [-0.05, 0) is 43.9 Å². The van der Waals surface area contributed by atoms with Gasteiger partial charge >= 0.3 is 6.18 Å². The highest BCUT2D eigenvalue weighted by molar-refractivity contribution is 5.79. The van der Waals surface area contributed by atoms with E-state index in [1.807, 2.05) is 0 Å². The number of halogens is 3.